The fourth-order valence-electron chi connectivity index (χ4n) is 3.57. The molecule has 4 rings (SSSR count). The summed E-state index contributed by atoms with van der Waals surface area (Å²) in [4.78, 5) is 25.2. The predicted molar refractivity (Wildman–Crippen MR) is 104 cm³/mol. The summed E-state index contributed by atoms with van der Waals surface area (Å²) in [5, 5.41) is 5.29. The fraction of sp³-hybridized carbons (Fsp3) is 0.217. The molecule has 1 aliphatic rings. The molecular formula is C23H21NO3. The smallest absolute Gasteiger partial charge is 0.339 e. The van der Waals surface area contributed by atoms with Crippen LogP contribution in [0.25, 0.3) is 10.8 Å². The molecule has 0 aliphatic carbocycles. The molecule has 0 spiro atoms. The second-order valence-corrected chi connectivity index (χ2v) is 7.26. The lowest BCUT2D eigenvalue weighted by atomic mass is 9.89. The summed E-state index contributed by atoms with van der Waals surface area (Å²) in [6, 6.07) is 21.3. The van der Waals surface area contributed by atoms with E-state index in [1.807, 2.05) is 43.3 Å². The SMILES string of the molecule is CC(NC(=O)C1(C)Cc2ccccc2C(=O)O1)c1ccc2ccccc2c1. The maximum Gasteiger partial charge on any atom is 0.339 e. The van der Waals surface area contributed by atoms with Crippen molar-refractivity contribution in [3.8, 4) is 0 Å². The number of carbonyl (C=O) groups is 2. The van der Waals surface area contributed by atoms with Crippen molar-refractivity contribution in [3.63, 3.8) is 0 Å². The van der Waals surface area contributed by atoms with E-state index in [-0.39, 0.29) is 11.9 Å². The third kappa shape index (κ3) is 3.19. The zero-order chi connectivity index (χ0) is 19.0. The normalized spacial score (nSPS) is 19.9. The molecule has 0 saturated carbocycles. The number of amides is 1. The summed E-state index contributed by atoms with van der Waals surface area (Å²) >= 11 is 0. The number of esters is 1. The quantitative estimate of drug-likeness (QED) is 0.714. The lowest BCUT2D eigenvalue weighted by molar-refractivity contribution is -0.140. The zero-order valence-electron chi connectivity index (χ0n) is 15.4. The van der Waals surface area contributed by atoms with E-state index >= 15 is 0 Å². The van der Waals surface area contributed by atoms with Gasteiger partial charge in [0.1, 0.15) is 0 Å². The molecule has 0 saturated heterocycles. The molecule has 4 heteroatoms. The van der Waals surface area contributed by atoms with Crippen LogP contribution in [0.2, 0.25) is 0 Å². The Kier molecular flexibility index (Phi) is 4.19. The summed E-state index contributed by atoms with van der Waals surface area (Å²) in [7, 11) is 0. The summed E-state index contributed by atoms with van der Waals surface area (Å²) in [5.74, 6) is -0.737. The van der Waals surface area contributed by atoms with Gasteiger partial charge in [-0.2, -0.15) is 0 Å². The van der Waals surface area contributed by atoms with E-state index in [9.17, 15) is 9.59 Å². The molecule has 2 unspecified atom stereocenters. The van der Waals surface area contributed by atoms with Gasteiger partial charge in [-0.1, -0.05) is 54.6 Å². The Balaban J connectivity index is 1.55. The Bertz CT molecular complexity index is 1040. The topological polar surface area (TPSA) is 55.4 Å². The molecule has 136 valence electrons. The molecule has 3 aromatic rings. The molecule has 3 aromatic carbocycles. The average molecular weight is 359 g/mol. The van der Waals surface area contributed by atoms with Crippen LogP contribution in [0.15, 0.2) is 66.7 Å². The van der Waals surface area contributed by atoms with E-state index in [2.05, 4.69) is 23.5 Å². The highest BCUT2D eigenvalue weighted by Gasteiger charge is 2.42. The number of carbonyl (C=O) groups excluding carboxylic acids is 2. The van der Waals surface area contributed by atoms with E-state index in [0.29, 0.717) is 12.0 Å². The van der Waals surface area contributed by atoms with Crippen LogP contribution >= 0.6 is 0 Å². The Labute approximate surface area is 158 Å². The van der Waals surface area contributed by atoms with Crippen LogP contribution in [0.3, 0.4) is 0 Å². The minimum absolute atomic E-state index is 0.199. The lowest BCUT2D eigenvalue weighted by Crippen LogP contribution is -2.52. The number of cyclic esters (lactones) is 1. The van der Waals surface area contributed by atoms with Crippen LogP contribution in [-0.2, 0) is 16.0 Å². The number of fused-ring (bicyclic) bond motifs is 2. The molecule has 0 radical (unpaired) electrons. The van der Waals surface area contributed by atoms with E-state index in [4.69, 9.17) is 4.74 Å². The molecule has 0 aromatic heterocycles. The Hall–Kier alpha value is -3.14. The molecule has 1 amide bonds. The number of ether oxygens (including phenoxy) is 1. The van der Waals surface area contributed by atoms with Crippen molar-refractivity contribution in [2.24, 2.45) is 0 Å². The Morgan fingerprint density at radius 2 is 1.74 bits per heavy atom. The Morgan fingerprint density at radius 3 is 2.56 bits per heavy atom. The third-order valence-corrected chi connectivity index (χ3v) is 5.18. The maximum atomic E-state index is 12.9. The third-order valence-electron chi connectivity index (χ3n) is 5.18. The van der Waals surface area contributed by atoms with Crippen LogP contribution in [0.1, 0.15) is 41.4 Å². The van der Waals surface area contributed by atoms with Crippen molar-refractivity contribution in [2.75, 3.05) is 0 Å². The van der Waals surface area contributed by atoms with E-state index in [1.165, 1.54) is 0 Å². The molecule has 4 nitrogen and oxygen atoms in total. The van der Waals surface area contributed by atoms with Gasteiger partial charge in [0.25, 0.3) is 5.91 Å². The molecule has 0 bridgehead atoms. The molecule has 0 fully saturated rings. The van der Waals surface area contributed by atoms with Crippen LogP contribution < -0.4 is 5.32 Å². The van der Waals surface area contributed by atoms with Crippen LogP contribution in [0.4, 0.5) is 0 Å². The van der Waals surface area contributed by atoms with Crippen molar-refractivity contribution >= 4 is 22.6 Å². The molecule has 1 heterocycles. The number of nitrogens with one attached hydrogen (secondary N) is 1. The summed E-state index contributed by atoms with van der Waals surface area (Å²) in [6.45, 7) is 3.60. The maximum absolute atomic E-state index is 12.9. The number of benzene rings is 3. The zero-order valence-corrected chi connectivity index (χ0v) is 15.4. The minimum atomic E-state index is -1.21. The van der Waals surface area contributed by atoms with Gasteiger partial charge < -0.3 is 10.1 Å². The molecule has 2 atom stereocenters. The summed E-state index contributed by atoms with van der Waals surface area (Å²) in [5.41, 5.74) is 1.17. The van der Waals surface area contributed by atoms with Gasteiger partial charge in [0, 0.05) is 6.42 Å². The van der Waals surface area contributed by atoms with Crippen molar-refractivity contribution < 1.29 is 14.3 Å². The van der Waals surface area contributed by atoms with E-state index in [0.717, 1.165) is 21.9 Å². The predicted octanol–water partition coefficient (Wildman–Crippen LogP) is 4.19. The van der Waals surface area contributed by atoms with Gasteiger partial charge in [-0.3, -0.25) is 4.79 Å². The first-order valence-electron chi connectivity index (χ1n) is 9.07. The Morgan fingerprint density at radius 1 is 1.04 bits per heavy atom. The first kappa shape index (κ1) is 17.3. The largest absolute Gasteiger partial charge is 0.445 e. The van der Waals surface area contributed by atoms with Crippen molar-refractivity contribution in [2.45, 2.75) is 31.9 Å². The van der Waals surface area contributed by atoms with Gasteiger partial charge in [0.2, 0.25) is 0 Å². The lowest BCUT2D eigenvalue weighted by Gasteiger charge is -2.34. The molecular weight excluding hydrogens is 338 g/mol. The number of hydrogen-bond donors (Lipinski definition) is 1. The first-order valence-corrected chi connectivity index (χ1v) is 9.07. The first-order chi connectivity index (χ1) is 13.0. The molecule has 1 N–H and O–H groups in total. The van der Waals surface area contributed by atoms with Crippen LogP contribution in [0, 0.1) is 0 Å². The van der Waals surface area contributed by atoms with Crippen LogP contribution in [-0.4, -0.2) is 17.5 Å². The highest BCUT2D eigenvalue weighted by molar-refractivity contribution is 5.97. The van der Waals surface area contributed by atoms with Crippen LogP contribution in [0.5, 0.6) is 0 Å². The van der Waals surface area contributed by atoms with E-state index < -0.39 is 11.6 Å². The van der Waals surface area contributed by atoms with Gasteiger partial charge in [-0.15, -0.1) is 0 Å². The highest BCUT2D eigenvalue weighted by atomic mass is 16.6. The highest BCUT2D eigenvalue weighted by Crippen LogP contribution is 2.29. The van der Waals surface area contributed by atoms with Gasteiger partial charge in [-0.25, -0.2) is 4.79 Å². The van der Waals surface area contributed by atoms with Crippen molar-refractivity contribution in [1.82, 2.24) is 5.32 Å². The molecule has 27 heavy (non-hydrogen) atoms. The fourth-order valence-corrected chi connectivity index (χ4v) is 3.57. The minimum Gasteiger partial charge on any atom is -0.445 e. The van der Waals surface area contributed by atoms with Crippen molar-refractivity contribution in [1.29, 1.82) is 0 Å². The summed E-state index contributed by atoms with van der Waals surface area (Å²) in [6.07, 6.45) is 0.366. The monoisotopic (exact) mass is 359 g/mol. The van der Waals surface area contributed by atoms with Gasteiger partial charge in [0.05, 0.1) is 11.6 Å². The number of rotatable bonds is 3. The molecule has 1 aliphatic heterocycles. The van der Waals surface area contributed by atoms with Gasteiger partial charge in [-0.05, 0) is 47.9 Å². The second kappa shape index (κ2) is 6.54. The van der Waals surface area contributed by atoms with Crippen molar-refractivity contribution in [3.05, 3.63) is 83.4 Å². The van der Waals surface area contributed by atoms with Gasteiger partial charge in [0.15, 0.2) is 5.60 Å². The standard InChI is InChI=1S/C23H21NO3/c1-15(17-12-11-16-7-3-4-8-18(16)13-17)24-22(26)23(2)14-19-9-5-6-10-20(19)21(25)27-23/h3-13,15H,14H2,1-2H3,(H,24,26). The average Bonchev–Trinajstić information content (AvgIpc) is 2.67. The number of hydrogen-bond acceptors (Lipinski definition) is 3. The van der Waals surface area contributed by atoms with Gasteiger partial charge >= 0.3 is 5.97 Å². The summed E-state index contributed by atoms with van der Waals surface area (Å²) < 4.78 is 5.52. The van der Waals surface area contributed by atoms with E-state index in [1.54, 1.807) is 19.1 Å². The second-order valence-electron chi connectivity index (χ2n) is 7.26.